The Morgan fingerprint density at radius 2 is 1.13 bits per heavy atom. The minimum Gasteiger partial charge on any atom is -0.394 e. The highest BCUT2D eigenvalue weighted by Crippen LogP contribution is 2.28. The molecule has 7 N–H and O–H groups in total. The van der Waals surface area contributed by atoms with E-state index in [9.17, 15) is 30.6 Å². The van der Waals surface area contributed by atoms with Crippen molar-refractivity contribution in [2.75, 3.05) is 11.9 Å². The van der Waals surface area contributed by atoms with E-state index >= 15 is 0 Å². The lowest BCUT2D eigenvalue weighted by atomic mass is 9.98. The van der Waals surface area contributed by atoms with Crippen LogP contribution in [0.3, 0.4) is 0 Å². The Morgan fingerprint density at radius 3 is 1.57 bits per heavy atom. The second-order valence-corrected chi connectivity index (χ2v) is 6.15. The van der Waals surface area contributed by atoms with E-state index in [1.54, 1.807) is 0 Å². The molecule has 23 heavy (non-hydrogen) atoms. The highest BCUT2D eigenvalue weighted by molar-refractivity contribution is 9.09. The van der Waals surface area contributed by atoms with Gasteiger partial charge in [-0.3, -0.25) is 0 Å². The van der Waals surface area contributed by atoms with Gasteiger partial charge in [0.1, 0.15) is 42.7 Å². The maximum Gasteiger partial charge on any atom is 0.189 e. The normalized spacial score (nSPS) is 51.7. The van der Waals surface area contributed by atoms with Crippen molar-refractivity contribution in [2.24, 2.45) is 0 Å². The molecular formula is C12H21BrO10. The van der Waals surface area contributed by atoms with Gasteiger partial charge in [-0.2, -0.15) is 0 Å². The Labute approximate surface area is 140 Å². The number of halogens is 1. The van der Waals surface area contributed by atoms with Crippen LogP contribution < -0.4 is 0 Å². The average Bonchev–Trinajstić information content (AvgIpc) is 2.55. The van der Waals surface area contributed by atoms with Gasteiger partial charge in [-0.15, -0.1) is 0 Å². The molecule has 0 aromatic heterocycles. The first-order valence-electron chi connectivity index (χ1n) is 7.03. The van der Waals surface area contributed by atoms with Gasteiger partial charge < -0.3 is 50.0 Å². The predicted molar refractivity (Wildman–Crippen MR) is 75.3 cm³/mol. The molecule has 0 saturated carbocycles. The highest BCUT2D eigenvalue weighted by Gasteiger charge is 2.49. The third-order valence-electron chi connectivity index (χ3n) is 3.94. The van der Waals surface area contributed by atoms with E-state index in [1.807, 2.05) is 0 Å². The lowest BCUT2D eigenvalue weighted by Crippen LogP contribution is -2.63. The Bertz CT molecular complexity index is 349. The molecule has 0 radical (unpaired) electrons. The van der Waals surface area contributed by atoms with Crippen molar-refractivity contribution in [3.8, 4) is 0 Å². The molecule has 2 fully saturated rings. The SMILES string of the molecule is OC[C@H]1O[C@H](O[C@H]2OC(CBr)[C@@H](O)[C@H](O)C2O)C(O)C(O)[C@@H]1O. The van der Waals surface area contributed by atoms with Crippen LogP contribution in [0.25, 0.3) is 0 Å². The lowest BCUT2D eigenvalue weighted by Gasteiger charge is -2.44. The molecule has 0 amide bonds. The molecular weight excluding hydrogens is 384 g/mol. The van der Waals surface area contributed by atoms with Gasteiger partial charge in [0, 0.05) is 5.33 Å². The standard InChI is InChI=1S/C12H21BrO10/c13-1-3-5(15)7(17)9(19)11(21-3)23-12-10(20)8(18)6(16)4(2-14)22-12/h3-12,14-20H,1-2H2/t3?,4-,5-,6-,7+,8?,9?,10?,11-,12-/m1/s1. The molecule has 2 aliphatic rings. The summed E-state index contributed by atoms with van der Waals surface area (Å²) in [6, 6.07) is 0. The molecule has 11 heteroatoms. The lowest BCUT2D eigenvalue weighted by molar-refractivity contribution is -0.373. The molecule has 0 aromatic rings. The maximum atomic E-state index is 9.91. The monoisotopic (exact) mass is 404 g/mol. The summed E-state index contributed by atoms with van der Waals surface area (Å²) in [4.78, 5) is 0. The first-order valence-corrected chi connectivity index (χ1v) is 8.15. The van der Waals surface area contributed by atoms with E-state index in [0.29, 0.717) is 0 Å². The van der Waals surface area contributed by atoms with Crippen molar-refractivity contribution in [1.29, 1.82) is 0 Å². The van der Waals surface area contributed by atoms with Crippen LogP contribution in [0.4, 0.5) is 0 Å². The zero-order chi connectivity index (χ0) is 17.3. The van der Waals surface area contributed by atoms with E-state index in [2.05, 4.69) is 15.9 Å². The van der Waals surface area contributed by atoms with E-state index in [-0.39, 0.29) is 5.33 Å². The summed E-state index contributed by atoms with van der Waals surface area (Å²) in [5.74, 6) is 0. The molecule has 10 atom stereocenters. The summed E-state index contributed by atoms with van der Waals surface area (Å²) in [7, 11) is 0. The Kier molecular flexibility index (Phi) is 6.73. The van der Waals surface area contributed by atoms with Crippen LogP contribution >= 0.6 is 15.9 Å². The molecule has 136 valence electrons. The van der Waals surface area contributed by atoms with Crippen LogP contribution in [0.5, 0.6) is 0 Å². The number of hydrogen-bond donors (Lipinski definition) is 7. The first kappa shape index (κ1) is 19.4. The fraction of sp³-hybridized carbons (Fsp3) is 1.00. The number of aliphatic hydroxyl groups excluding tert-OH is 7. The molecule has 0 aliphatic carbocycles. The van der Waals surface area contributed by atoms with Crippen LogP contribution in [-0.4, -0.2) is 109 Å². The topological polar surface area (TPSA) is 169 Å². The third kappa shape index (κ3) is 3.85. The Morgan fingerprint density at radius 1 is 0.696 bits per heavy atom. The van der Waals surface area contributed by atoms with Crippen LogP contribution in [0.2, 0.25) is 0 Å². The van der Waals surface area contributed by atoms with Crippen molar-refractivity contribution in [3.63, 3.8) is 0 Å². The van der Waals surface area contributed by atoms with E-state index in [1.165, 1.54) is 0 Å². The van der Waals surface area contributed by atoms with Gasteiger partial charge in [-0.1, -0.05) is 15.9 Å². The van der Waals surface area contributed by atoms with Gasteiger partial charge in [0.2, 0.25) is 0 Å². The van der Waals surface area contributed by atoms with Crippen molar-refractivity contribution in [1.82, 2.24) is 0 Å². The minimum absolute atomic E-state index is 0.145. The molecule has 4 unspecified atom stereocenters. The largest absolute Gasteiger partial charge is 0.394 e. The summed E-state index contributed by atoms with van der Waals surface area (Å²) < 4.78 is 15.7. The molecule has 0 bridgehead atoms. The van der Waals surface area contributed by atoms with Crippen molar-refractivity contribution in [3.05, 3.63) is 0 Å². The first-order chi connectivity index (χ1) is 10.8. The summed E-state index contributed by atoms with van der Waals surface area (Å²) in [5, 5.41) is 67.9. The Hall–Kier alpha value is 0.0800. The number of rotatable bonds is 4. The van der Waals surface area contributed by atoms with E-state index < -0.39 is 68.0 Å². The predicted octanol–water partition coefficient (Wildman–Crippen LogP) is -3.99. The fourth-order valence-electron chi connectivity index (χ4n) is 2.47. The number of ether oxygens (including phenoxy) is 3. The minimum atomic E-state index is -1.67. The second kappa shape index (κ2) is 7.97. The zero-order valence-corrected chi connectivity index (χ0v) is 13.5. The molecule has 0 aromatic carbocycles. The van der Waals surface area contributed by atoms with Gasteiger partial charge >= 0.3 is 0 Å². The average molecular weight is 405 g/mol. The van der Waals surface area contributed by atoms with Crippen molar-refractivity contribution >= 4 is 15.9 Å². The smallest absolute Gasteiger partial charge is 0.189 e. The fourth-order valence-corrected chi connectivity index (χ4v) is 3.00. The molecule has 2 aliphatic heterocycles. The number of hydrogen-bond acceptors (Lipinski definition) is 10. The Balaban J connectivity index is 2.07. The van der Waals surface area contributed by atoms with Crippen molar-refractivity contribution < 1.29 is 50.0 Å². The van der Waals surface area contributed by atoms with Gasteiger partial charge in [0.15, 0.2) is 12.6 Å². The van der Waals surface area contributed by atoms with Crippen LogP contribution in [0.15, 0.2) is 0 Å². The van der Waals surface area contributed by atoms with Crippen LogP contribution in [0, 0.1) is 0 Å². The van der Waals surface area contributed by atoms with E-state index in [4.69, 9.17) is 19.3 Å². The summed E-state index contributed by atoms with van der Waals surface area (Å²) in [6.45, 7) is -0.635. The van der Waals surface area contributed by atoms with Crippen molar-refractivity contribution in [2.45, 2.75) is 61.4 Å². The molecule has 10 nitrogen and oxygen atoms in total. The zero-order valence-electron chi connectivity index (χ0n) is 11.9. The molecule has 0 spiro atoms. The summed E-state index contributed by atoms with van der Waals surface area (Å²) in [6.07, 6.45) is -14.4. The van der Waals surface area contributed by atoms with Gasteiger partial charge in [0.25, 0.3) is 0 Å². The summed E-state index contributed by atoms with van der Waals surface area (Å²) >= 11 is 3.08. The van der Waals surface area contributed by atoms with Gasteiger partial charge in [0.05, 0.1) is 12.7 Å². The highest BCUT2D eigenvalue weighted by atomic mass is 79.9. The molecule has 2 rings (SSSR count). The summed E-state index contributed by atoms with van der Waals surface area (Å²) in [5.41, 5.74) is 0. The van der Waals surface area contributed by atoms with Gasteiger partial charge in [-0.05, 0) is 0 Å². The third-order valence-corrected chi connectivity index (χ3v) is 4.58. The second-order valence-electron chi connectivity index (χ2n) is 5.50. The van der Waals surface area contributed by atoms with Gasteiger partial charge in [-0.25, -0.2) is 0 Å². The quantitative estimate of drug-likeness (QED) is 0.229. The number of alkyl halides is 1. The molecule has 2 saturated heterocycles. The van der Waals surface area contributed by atoms with Crippen LogP contribution in [0.1, 0.15) is 0 Å². The maximum absolute atomic E-state index is 9.91. The molecule has 2 heterocycles. The number of aliphatic hydroxyl groups is 7. The van der Waals surface area contributed by atoms with E-state index in [0.717, 1.165) is 0 Å². The van der Waals surface area contributed by atoms with Crippen LogP contribution in [-0.2, 0) is 14.2 Å².